The number of hydrogen-bond donors (Lipinski definition) is 3. The molecular weight excluding hydrogens is 164 g/mol. The third-order valence-corrected chi connectivity index (χ3v) is 1.88. The molecule has 0 fully saturated rings. The molecule has 3 nitrogen and oxygen atoms in total. The van der Waals surface area contributed by atoms with E-state index in [4.69, 9.17) is 10.8 Å². The van der Waals surface area contributed by atoms with Crippen molar-refractivity contribution < 1.29 is 5.11 Å². The number of benzene rings is 1. The Morgan fingerprint density at radius 1 is 1.54 bits per heavy atom. The molecule has 0 aromatic heterocycles. The lowest BCUT2D eigenvalue weighted by molar-refractivity contribution is 0.281. The first kappa shape index (κ1) is 9.86. The maximum Gasteiger partial charge on any atom is 0.0630 e. The second-order valence-electron chi connectivity index (χ2n) is 3.32. The smallest absolute Gasteiger partial charge is 0.0630 e. The maximum absolute atomic E-state index is 8.85. The highest BCUT2D eigenvalue weighted by Crippen LogP contribution is 2.20. The zero-order valence-corrected chi connectivity index (χ0v) is 8.04. The number of aryl methyl sites for hydroxylation is 1. The van der Waals surface area contributed by atoms with E-state index in [9.17, 15) is 0 Å². The normalized spacial score (nSPS) is 12.5. The quantitative estimate of drug-likeness (QED) is 0.616. The van der Waals surface area contributed by atoms with Gasteiger partial charge in [-0.25, -0.2) is 0 Å². The van der Waals surface area contributed by atoms with Crippen molar-refractivity contribution in [2.75, 3.05) is 17.7 Å². The highest BCUT2D eigenvalue weighted by Gasteiger charge is 2.02. The molecular formula is C10H16N2O. The van der Waals surface area contributed by atoms with Gasteiger partial charge in [0.15, 0.2) is 0 Å². The first-order valence-electron chi connectivity index (χ1n) is 4.37. The van der Waals surface area contributed by atoms with E-state index >= 15 is 0 Å². The van der Waals surface area contributed by atoms with Gasteiger partial charge in [0.25, 0.3) is 0 Å². The summed E-state index contributed by atoms with van der Waals surface area (Å²) >= 11 is 0. The van der Waals surface area contributed by atoms with Crippen LogP contribution >= 0.6 is 0 Å². The Labute approximate surface area is 78.6 Å². The van der Waals surface area contributed by atoms with E-state index < -0.39 is 0 Å². The van der Waals surface area contributed by atoms with Crippen LogP contribution < -0.4 is 11.1 Å². The molecule has 0 aliphatic heterocycles. The summed E-state index contributed by atoms with van der Waals surface area (Å²) in [4.78, 5) is 0. The van der Waals surface area contributed by atoms with Crippen molar-refractivity contribution >= 4 is 11.4 Å². The summed E-state index contributed by atoms with van der Waals surface area (Å²) < 4.78 is 0. The van der Waals surface area contributed by atoms with Crippen LogP contribution in [-0.4, -0.2) is 17.8 Å². The Balaban J connectivity index is 2.81. The second kappa shape index (κ2) is 4.14. The Bertz CT molecular complexity index is 286. The molecule has 1 atom stereocenters. The van der Waals surface area contributed by atoms with Crippen LogP contribution in [0.15, 0.2) is 18.2 Å². The summed E-state index contributed by atoms with van der Waals surface area (Å²) in [5.74, 6) is 0. The largest absolute Gasteiger partial charge is 0.397 e. The third kappa shape index (κ3) is 2.63. The zero-order valence-electron chi connectivity index (χ0n) is 8.04. The van der Waals surface area contributed by atoms with Crippen molar-refractivity contribution in [1.82, 2.24) is 0 Å². The molecule has 1 rings (SSSR count). The van der Waals surface area contributed by atoms with Gasteiger partial charge in [-0.3, -0.25) is 0 Å². The number of nitrogens with two attached hydrogens (primary N) is 1. The third-order valence-electron chi connectivity index (χ3n) is 1.88. The molecule has 4 N–H and O–H groups in total. The molecule has 0 amide bonds. The van der Waals surface area contributed by atoms with E-state index in [0.29, 0.717) is 5.69 Å². The molecule has 1 aromatic rings. The molecule has 3 heteroatoms. The van der Waals surface area contributed by atoms with E-state index in [1.165, 1.54) is 0 Å². The van der Waals surface area contributed by atoms with Gasteiger partial charge in [0.1, 0.15) is 0 Å². The average molecular weight is 180 g/mol. The number of nitrogen functional groups attached to an aromatic ring is 1. The lowest BCUT2D eigenvalue weighted by atomic mass is 10.2. The maximum atomic E-state index is 8.85. The van der Waals surface area contributed by atoms with Gasteiger partial charge in [0.05, 0.1) is 18.0 Å². The first-order chi connectivity index (χ1) is 6.13. The number of anilines is 2. The molecule has 1 aromatic carbocycles. The monoisotopic (exact) mass is 180 g/mol. The molecule has 0 radical (unpaired) electrons. The van der Waals surface area contributed by atoms with Crippen molar-refractivity contribution in [3.8, 4) is 0 Å². The Kier molecular flexibility index (Phi) is 3.14. The number of nitrogens with one attached hydrogen (secondary N) is 1. The van der Waals surface area contributed by atoms with Crippen LogP contribution in [0.4, 0.5) is 11.4 Å². The van der Waals surface area contributed by atoms with Crippen LogP contribution in [-0.2, 0) is 0 Å². The minimum Gasteiger partial charge on any atom is -0.397 e. The standard InChI is InChI=1S/C10H16N2O/c1-7-3-4-9(11)10(5-7)12-8(2)6-13/h3-5,8,12-13H,6,11H2,1-2H3. The SMILES string of the molecule is Cc1ccc(N)c(NC(C)CO)c1. The Morgan fingerprint density at radius 2 is 2.23 bits per heavy atom. The molecule has 13 heavy (non-hydrogen) atoms. The predicted octanol–water partition coefficient (Wildman–Crippen LogP) is 1.37. The Morgan fingerprint density at radius 3 is 2.85 bits per heavy atom. The minimum atomic E-state index is 0.0316. The van der Waals surface area contributed by atoms with Crippen molar-refractivity contribution in [2.45, 2.75) is 19.9 Å². The van der Waals surface area contributed by atoms with E-state index in [2.05, 4.69) is 5.32 Å². The average Bonchev–Trinajstić information content (AvgIpc) is 2.11. The van der Waals surface area contributed by atoms with E-state index in [1.807, 2.05) is 32.0 Å². The van der Waals surface area contributed by atoms with Gasteiger partial charge in [-0.05, 0) is 31.5 Å². The Hall–Kier alpha value is -1.22. The van der Waals surface area contributed by atoms with Gasteiger partial charge < -0.3 is 16.2 Å². The summed E-state index contributed by atoms with van der Waals surface area (Å²) in [5.41, 5.74) is 8.51. The zero-order chi connectivity index (χ0) is 9.84. The fraction of sp³-hybridized carbons (Fsp3) is 0.400. The van der Waals surface area contributed by atoms with E-state index in [-0.39, 0.29) is 12.6 Å². The lowest BCUT2D eigenvalue weighted by Gasteiger charge is -2.14. The summed E-state index contributed by atoms with van der Waals surface area (Å²) in [7, 11) is 0. The molecule has 0 saturated carbocycles. The number of aliphatic hydroxyl groups is 1. The summed E-state index contributed by atoms with van der Waals surface area (Å²) in [6.45, 7) is 4.02. The second-order valence-corrected chi connectivity index (χ2v) is 3.32. The van der Waals surface area contributed by atoms with Gasteiger partial charge in [0, 0.05) is 6.04 Å². The summed E-state index contributed by atoms with van der Waals surface area (Å²) in [6.07, 6.45) is 0. The summed E-state index contributed by atoms with van der Waals surface area (Å²) in [6, 6.07) is 5.83. The van der Waals surface area contributed by atoms with Gasteiger partial charge in [-0.15, -0.1) is 0 Å². The van der Waals surface area contributed by atoms with E-state index in [0.717, 1.165) is 11.3 Å². The van der Waals surface area contributed by atoms with Crippen molar-refractivity contribution in [2.24, 2.45) is 0 Å². The van der Waals surface area contributed by atoms with Crippen molar-refractivity contribution in [3.63, 3.8) is 0 Å². The molecule has 0 saturated heterocycles. The van der Waals surface area contributed by atoms with Crippen LogP contribution in [0.5, 0.6) is 0 Å². The fourth-order valence-electron chi connectivity index (χ4n) is 1.11. The van der Waals surface area contributed by atoms with Gasteiger partial charge in [-0.1, -0.05) is 6.07 Å². The van der Waals surface area contributed by atoms with E-state index in [1.54, 1.807) is 0 Å². The summed E-state index contributed by atoms with van der Waals surface area (Å²) in [5, 5.41) is 12.0. The number of rotatable bonds is 3. The topological polar surface area (TPSA) is 58.3 Å². The first-order valence-corrected chi connectivity index (χ1v) is 4.37. The van der Waals surface area contributed by atoms with Gasteiger partial charge >= 0.3 is 0 Å². The van der Waals surface area contributed by atoms with Crippen LogP contribution in [0.1, 0.15) is 12.5 Å². The number of hydrogen-bond acceptors (Lipinski definition) is 3. The predicted molar refractivity (Wildman–Crippen MR) is 55.8 cm³/mol. The molecule has 0 aliphatic rings. The molecule has 72 valence electrons. The van der Waals surface area contributed by atoms with Crippen molar-refractivity contribution in [3.05, 3.63) is 23.8 Å². The molecule has 0 spiro atoms. The van der Waals surface area contributed by atoms with Crippen LogP contribution in [0.3, 0.4) is 0 Å². The molecule has 0 bridgehead atoms. The molecule has 0 aliphatic carbocycles. The highest BCUT2D eigenvalue weighted by molar-refractivity contribution is 5.67. The van der Waals surface area contributed by atoms with Crippen LogP contribution in [0.25, 0.3) is 0 Å². The minimum absolute atomic E-state index is 0.0316. The lowest BCUT2D eigenvalue weighted by Crippen LogP contribution is -2.20. The highest BCUT2D eigenvalue weighted by atomic mass is 16.3. The molecule has 1 unspecified atom stereocenters. The van der Waals surface area contributed by atoms with Gasteiger partial charge in [0.2, 0.25) is 0 Å². The molecule has 0 heterocycles. The number of aliphatic hydroxyl groups excluding tert-OH is 1. The van der Waals surface area contributed by atoms with Crippen molar-refractivity contribution in [1.29, 1.82) is 0 Å². The van der Waals surface area contributed by atoms with Crippen LogP contribution in [0, 0.1) is 6.92 Å². The fourth-order valence-corrected chi connectivity index (χ4v) is 1.11. The van der Waals surface area contributed by atoms with Gasteiger partial charge in [-0.2, -0.15) is 0 Å². The van der Waals surface area contributed by atoms with Crippen LogP contribution in [0.2, 0.25) is 0 Å².